The Bertz CT molecular complexity index is 506. The van der Waals surface area contributed by atoms with Crippen molar-refractivity contribution in [2.24, 2.45) is 10.9 Å². The number of allylic oxidation sites excluding steroid dienone is 2. The smallest absolute Gasteiger partial charge is 0.313 e. The van der Waals surface area contributed by atoms with Gasteiger partial charge in [0, 0.05) is 17.8 Å². The predicted molar refractivity (Wildman–Crippen MR) is 93.0 cm³/mol. The monoisotopic (exact) mass is 422 g/mol. The lowest BCUT2D eigenvalue weighted by Crippen LogP contribution is -2.40. The second-order valence-corrected chi connectivity index (χ2v) is 8.22. The molecular formula is C14H20IN2O3P. The maximum Gasteiger partial charge on any atom is 0.313 e. The van der Waals surface area contributed by atoms with Crippen molar-refractivity contribution >= 4 is 46.2 Å². The van der Waals surface area contributed by atoms with Crippen LogP contribution in [0.4, 0.5) is 0 Å². The van der Waals surface area contributed by atoms with Gasteiger partial charge in [-0.25, -0.2) is 0 Å². The van der Waals surface area contributed by atoms with Gasteiger partial charge in [-0.05, 0) is 44.9 Å². The van der Waals surface area contributed by atoms with Crippen molar-refractivity contribution in [2.45, 2.75) is 44.9 Å². The SMILES string of the molecule is CCOC(=O)CC(=O)C1CCC2=C(C=NC(C)(PI)N2)C1. The molecule has 1 N–H and O–H groups in total. The molecule has 0 amide bonds. The number of carbonyl (C=O) groups excluding carboxylic acids is 2. The quantitative estimate of drug-likeness (QED) is 0.320. The van der Waals surface area contributed by atoms with Gasteiger partial charge in [0.2, 0.25) is 0 Å². The molecule has 116 valence electrons. The Morgan fingerprint density at radius 2 is 2.38 bits per heavy atom. The molecule has 0 saturated carbocycles. The summed E-state index contributed by atoms with van der Waals surface area (Å²) in [5.74, 6) is -0.526. The Balaban J connectivity index is 1.97. The highest BCUT2D eigenvalue weighted by atomic mass is 127. The van der Waals surface area contributed by atoms with Crippen molar-refractivity contribution in [3.05, 3.63) is 11.3 Å². The van der Waals surface area contributed by atoms with E-state index in [0.29, 0.717) is 19.3 Å². The number of nitrogens with zero attached hydrogens (tertiary/aromatic N) is 1. The number of halogens is 1. The summed E-state index contributed by atoms with van der Waals surface area (Å²) >= 11 is 2.35. The maximum absolute atomic E-state index is 12.2. The van der Waals surface area contributed by atoms with E-state index in [0.717, 1.165) is 18.4 Å². The highest BCUT2D eigenvalue weighted by Gasteiger charge is 2.32. The van der Waals surface area contributed by atoms with Crippen LogP contribution >= 0.6 is 28.3 Å². The van der Waals surface area contributed by atoms with E-state index in [2.05, 4.69) is 39.3 Å². The largest absolute Gasteiger partial charge is 0.466 e. The van der Waals surface area contributed by atoms with Crippen LogP contribution in [-0.4, -0.2) is 30.0 Å². The molecule has 1 heterocycles. The fourth-order valence-electron chi connectivity index (χ4n) is 2.60. The van der Waals surface area contributed by atoms with Crippen LogP contribution in [0, 0.1) is 5.92 Å². The van der Waals surface area contributed by atoms with E-state index in [9.17, 15) is 9.59 Å². The lowest BCUT2D eigenvalue weighted by molar-refractivity contribution is -0.146. The number of aliphatic imine (C=N–C) groups is 1. The first kappa shape index (κ1) is 16.9. The molecule has 0 aromatic carbocycles. The molecule has 1 aliphatic carbocycles. The van der Waals surface area contributed by atoms with Gasteiger partial charge in [-0.1, -0.05) is 22.0 Å². The highest BCUT2D eigenvalue weighted by molar-refractivity contribution is 14.2. The minimum Gasteiger partial charge on any atom is -0.466 e. The Kier molecular flexibility index (Phi) is 5.77. The third-order valence-corrected chi connectivity index (χ3v) is 7.51. The molecule has 7 heteroatoms. The topological polar surface area (TPSA) is 67.8 Å². The fourth-order valence-corrected chi connectivity index (χ4v) is 3.73. The average molecular weight is 422 g/mol. The van der Waals surface area contributed by atoms with Gasteiger partial charge in [0.15, 0.2) is 5.40 Å². The molecule has 0 bridgehead atoms. The number of Topliss-reactive ketones (excluding diaryl/α,β-unsaturated/α-hetero) is 1. The summed E-state index contributed by atoms with van der Waals surface area (Å²) in [4.78, 5) is 28.1. The summed E-state index contributed by atoms with van der Waals surface area (Å²) in [7, 11) is 0. The van der Waals surface area contributed by atoms with Gasteiger partial charge < -0.3 is 10.1 Å². The molecule has 3 unspecified atom stereocenters. The lowest BCUT2D eigenvalue weighted by atomic mass is 9.83. The van der Waals surface area contributed by atoms with E-state index in [1.165, 1.54) is 5.70 Å². The van der Waals surface area contributed by atoms with Gasteiger partial charge in [0.25, 0.3) is 0 Å². The number of hydrogen-bond acceptors (Lipinski definition) is 5. The summed E-state index contributed by atoms with van der Waals surface area (Å²) in [6.45, 7) is 4.14. The number of ether oxygens (including phenoxy) is 1. The molecule has 0 aromatic rings. The van der Waals surface area contributed by atoms with Crippen LogP contribution in [0.1, 0.15) is 39.5 Å². The lowest BCUT2D eigenvalue weighted by Gasteiger charge is -2.35. The Morgan fingerprint density at radius 3 is 3.05 bits per heavy atom. The van der Waals surface area contributed by atoms with E-state index in [4.69, 9.17) is 4.74 Å². The number of ketones is 1. The van der Waals surface area contributed by atoms with Crippen molar-refractivity contribution in [2.75, 3.05) is 6.61 Å². The number of carbonyl (C=O) groups is 2. The Labute approximate surface area is 139 Å². The van der Waals surface area contributed by atoms with Gasteiger partial charge in [0.05, 0.1) is 6.61 Å². The molecule has 0 aromatic heterocycles. The molecule has 21 heavy (non-hydrogen) atoms. The van der Waals surface area contributed by atoms with E-state index in [-0.39, 0.29) is 23.5 Å². The summed E-state index contributed by atoms with van der Waals surface area (Å²) < 4.78 is 4.84. The van der Waals surface area contributed by atoms with Crippen LogP contribution in [0.3, 0.4) is 0 Å². The normalized spacial score (nSPS) is 28.4. The second-order valence-electron chi connectivity index (χ2n) is 5.44. The zero-order chi connectivity index (χ0) is 15.5. The second kappa shape index (κ2) is 7.18. The van der Waals surface area contributed by atoms with E-state index < -0.39 is 5.97 Å². The molecule has 0 spiro atoms. The molecule has 3 atom stereocenters. The van der Waals surface area contributed by atoms with Crippen LogP contribution in [-0.2, 0) is 14.3 Å². The molecule has 2 rings (SSSR count). The minimum atomic E-state index is -0.420. The average Bonchev–Trinajstić information content (AvgIpc) is 2.47. The Hall–Kier alpha value is -0.490. The summed E-state index contributed by atoms with van der Waals surface area (Å²) in [5.41, 5.74) is 2.31. The zero-order valence-corrected chi connectivity index (χ0v) is 15.4. The standard InChI is InChI=1S/C14H20IN2O3P/c1-3-20-13(19)7-12(18)9-4-5-11-10(6-9)8-16-14(2,17-11)21-15/h8-9,17,21H,3-7H2,1-2H3. The first-order valence-corrected chi connectivity index (χ1v) is 11.2. The first-order valence-electron chi connectivity index (χ1n) is 7.09. The number of nitrogens with one attached hydrogen (secondary N) is 1. The predicted octanol–water partition coefficient (Wildman–Crippen LogP) is 2.94. The van der Waals surface area contributed by atoms with Crippen LogP contribution in [0.25, 0.3) is 0 Å². The van der Waals surface area contributed by atoms with Gasteiger partial charge in [0.1, 0.15) is 12.2 Å². The maximum atomic E-state index is 12.2. The van der Waals surface area contributed by atoms with E-state index in [1.807, 2.05) is 6.21 Å². The van der Waals surface area contributed by atoms with Crippen LogP contribution in [0.2, 0.25) is 0 Å². The number of rotatable bonds is 5. The van der Waals surface area contributed by atoms with Gasteiger partial charge in [-0.3, -0.25) is 14.6 Å². The van der Waals surface area contributed by atoms with Crippen molar-refractivity contribution < 1.29 is 14.3 Å². The van der Waals surface area contributed by atoms with Crippen molar-refractivity contribution in [1.29, 1.82) is 0 Å². The number of hydrogen-bond donors (Lipinski definition) is 1. The van der Waals surface area contributed by atoms with Gasteiger partial charge >= 0.3 is 5.97 Å². The number of esters is 1. The highest BCUT2D eigenvalue weighted by Crippen LogP contribution is 2.42. The molecular weight excluding hydrogens is 402 g/mol. The van der Waals surface area contributed by atoms with Crippen LogP contribution < -0.4 is 5.32 Å². The third kappa shape index (κ3) is 4.25. The van der Waals surface area contributed by atoms with Gasteiger partial charge in [-0.15, -0.1) is 0 Å². The molecule has 1 aliphatic heterocycles. The first-order chi connectivity index (χ1) is 9.97. The van der Waals surface area contributed by atoms with Crippen LogP contribution in [0.5, 0.6) is 0 Å². The van der Waals surface area contributed by atoms with Crippen LogP contribution in [0.15, 0.2) is 16.3 Å². The minimum absolute atomic E-state index is 0.0162. The summed E-state index contributed by atoms with van der Waals surface area (Å²) in [6.07, 6.45) is 4.75. The molecule has 5 nitrogen and oxygen atoms in total. The molecule has 0 fully saturated rings. The molecule has 0 saturated heterocycles. The molecule has 2 aliphatic rings. The summed E-state index contributed by atoms with van der Waals surface area (Å²) in [5, 5.41) is 3.28. The van der Waals surface area contributed by atoms with Crippen molar-refractivity contribution in [1.82, 2.24) is 5.32 Å². The molecule has 0 radical (unpaired) electrons. The Morgan fingerprint density at radius 1 is 1.62 bits per heavy atom. The van der Waals surface area contributed by atoms with E-state index >= 15 is 0 Å². The van der Waals surface area contributed by atoms with E-state index in [1.54, 1.807) is 6.92 Å². The zero-order valence-electron chi connectivity index (χ0n) is 12.2. The fraction of sp³-hybridized carbons (Fsp3) is 0.643. The van der Waals surface area contributed by atoms with Gasteiger partial charge in [-0.2, -0.15) is 0 Å². The van der Waals surface area contributed by atoms with Crippen molar-refractivity contribution in [3.8, 4) is 0 Å². The summed E-state index contributed by atoms with van der Waals surface area (Å²) in [6, 6.07) is 0. The third-order valence-electron chi connectivity index (χ3n) is 3.73. The van der Waals surface area contributed by atoms with Crippen molar-refractivity contribution in [3.63, 3.8) is 0 Å².